The van der Waals surface area contributed by atoms with Gasteiger partial charge in [0, 0.05) is 17.2 Å². The molecule has 5 nitrogen and oxygen atoms in total. The highest BCUT2D eigenvalue weighted by molar-refractivity contribution is 5.83. The summed E-state index contributed by atoms with van der Waals surface area (Å²) < 4.78 is 12.5. The van der Waals surface area contributed by atoms with E-state index in [1.807, 2.05) is 36.4 Å². The number of amides is 1. The third-order valence-electron chi connectivity index (χ3n) is 7.37. The van der Waals surface area contributed by atoms with Crippen molar-refractivity contribution in [3.8, 4) is 17.2 Å². The van der Waals surface area contributed by atoms with Crippen LogP contribution in [0.25, 0.3) is 0 Å². The molecule has 2 aromatic carbocycles. The van der Waals surface area contributed by atoms with Gasteiger partial charge in [-0.3, -0.25) is 4.79 Å². The molecule has 33 heavy (non-hydrogen) atoms. The Morgan fingerprint density at radius 3 is 2.45 bits per heavy atom. The van der Waals surface area contributed by atoms with E-state index >= 15 is 0 Å². The SMILES string of the molecule is O=C(NC1c2ccccc2Oc2cc(OCC3CCCCCCCC3)ccc21)[C@@H]1CCCN1. The van der Waals surface area contributed by atoms with Gasteiger partial charge in [0.1, 0.15) is 17.2 Å². The number of para-hydroxylation sites is 1. The Morgan fingerprint density at radius 2 is 1.67 bits per heavy atom. The number of benzene rings is 2. The fourth-order valence-corrected chi connectivity index (χ4v) is 5.43. The van der Waals surface area contributed by atoms with Crippen molar-refractivity contribution < 1.29 is 14.3 Å². The van der Waals surface area contributed by atoms with E-state index in [1.165, 1.54) is 51.4 Å². The molecule has 2 N–H and O–H groups in total. The summed E-state index contributed by atoms with van der Waals surface area (Å²) in [5, 5.41) is 6.57. The smallest absolute Gasteiger partial charge is 0.237 e. The number of hydrogen-bond donors (Lipinski definition) is 2. The van der Waals surface area contributed by atoms with E-state index in [-0.39, 0.29) is 18.0 Å². The second-order valence-corrected chi connectivity index (χ2v) is 9.81. The molecule has 0 radical (unpaired) electrons. The lowest BCUT2D eigenvalue weighted by atomic mass is 9.94. The van der Waals surface area contributed by atoms with Gasteiger partial charge in [-0.1, -0.05) is 56.7 Å². The number of carbonyl (C=O) groups excluding carboxylic acids is 1. The molecule has 1 saturated heterocycles. The lowest BCUT2D eigenvalue weighted by molar-refractivity contribution is -0.123. The summed E-state index contributed by atoms with van der Waals surface area (Å²) in [5.74, 6) is 3.09. The fourth-order valence-electron chi connectivity index (χ4n) is 5.43. The third kappa shape index (κ3) is 5.35. The summed E-state index contributed by atoms with van der Waals surface area (Å²) in [6, 6.07) is 13.7. The van der Waals surface area contributed by atoms with E-state index in [0.717, 1.165) is 54.4 Å². The van der Waals surface area contributed by atoms with E-state index in [0.29, 0.717) is 5.92 Å². The maximum absolute atomic E-state index is 12.9. The van der Waals surface area contributed by atoms with Crippen molar-refractivity contribution in [3.05, 3.63) is 53.6 Å². The lowest BCUT2D eigenvalue weighted by Gasteiger charge is -2.30. The highest BCUT2D eigenvalue weighted by Gasteiger charge is 2.31. The molecule has 0 aromatic heterocycles. The number of hydrogen-bond acceptors (Lipinski definition) is 4. The molecule has 1 amide bonds. The number of rotatable bonds is 5. The Kier molecular flexibility index (Phi) is 7.15. The third-order valence-corrected chi connectivity index (χ3v) is 7.37. The van der Waals surface area contributed by atoms with Crippen LogP contribution in [-0.4, -0.2) is 25.1 Å². The van der Waals surface area contributed by atoms with Crippen LogP contribution in [-0.2, 0) is 4.79 Å². The van der Waals surface area contributed by atoms with Crippen LogP contribution in [0.3, 0.4) is 0 Å². The molecule has 2 heterocycles. The molecule has 3 aliphatic rings. The van der Waals surface area contributed by atoms with Gasteiger partial charge >= 0.3 is 0 Å². The largest absolute Gasteiger partial charge is 0.493 e. The number of fused-ring (bicyclic) bond motifs is 2. The summed E-state index contributed by atoms with van der Waals surface area (Å²) in [6.07, 6.45) is 12.6. The fraction of sp³-hybridized carbons (Fsp3) is 0.536. The van der Waals surface area contributed by atoms with Crippen molar-refractivity contribution in [2.45, 2.75) is 76.3 Å². The van der Waals surface area contributed by atoms with E-state index in [2.05, 4.69) is 16.7 Å². The summed E-state index contributed by atoms with van der Waals surface area (Å²) in [5.41, 5.74) is 1.98. The highest BCUT2D eigenvalue weighted by atomic mass is 16.5. The Morgan fingerprint density at radius 1 is 0.909 bits per heavy atom. The first kappa shape index (κ1) is 22.3. The van der Waals surface area contributed by atoms with Gasteiger partial charge < -0.3 is 20.1 Å². The standard InChI is InChI=1S/C28H36N2O3/c31-28(24-13-9-17-29-24)30-27-22-12-7-8-14-25(22)33-26-18-21(15-16-23(26)27)32-19-20-10-5-3-1-2-4-6-11-20/h7-8,12,14-16,18,20,24,27,29H,1-6,9-11,13,17,19H2,(H,30,31)/t24-,27?/m0/s1. The topological polar surface area (TPSA) is 59.6 Å². The summed E-state index contributed by atoms with van der Waals surface area (Å²) in [4.78, 5) is 12.9. The van der Waals surface area contributed by atoms with Crippen LogP contribution in [0, 0.1) is 5.92 Å². The van der Waals surface area contributed by atoms with E-state index < -0.39 is 0 Å². The predicted octanol–water partition coefficient (Wildman–Crippen LogP) is 5.88. The monoisotopic (exact) mass is 448 g/mol. The lowest BCUT2D eigenvalue weighted by Crippen LogP contribution is -2.42. The van der Waals surface area contributed by atoms with Crippen LogP contribution in [0.5, 0.6) is 17.2 Å². The molecule has 1 saturated carbocycles. The molecule has 2 aliphatic heterocycles. The molecular formula is C28H36N2O3. The Balaban J connectivity index is 1.31. The van der Waals surface area contributed by atoms with E-state index in [4.69, 9.17) is 9.47 Å². The van der Waals surface area contributed by atoms with Crippen LogP contribution in [0.2, 0.25) is 0 Å². The van der Waals surface area contributed by atoms with Gasteiger partial charge in [-0.2, -0.15) is 0 Å². The van der Waals surface area contributed by atoms with Crippen molar-refractivity contribution in [1.29, 1.82) is 0 Å². The van der Waals surface area contributed by atoms with Gasteiger partial charge in [-0.05, 0) is 56.3 Å². The first-order valence-electron chi connectivity index (χ1n) is 12.9. The Hall–Kier alpha value is -2.53. The molecule has 5 rings (SSSR count). The minimum Gasteiger partial charge on any atom is -0.493 e. The quantitative estimate of drug-likeness (QED) is 0.600. The molecule has 5 heteroatoms. The van der Waals surface area contributed by atoms with Gasteiger partial charge in [0.2, 0.25) is 5.91 Å². The van der Waals surface area contributed by atoms with Gasteiger partial charge in [0.05, 0.1) is 18.7 Å². The van der Waals surface area contributed by atoms with Crippen LogP contribution in [0.4, 0.5) is 0 Å². The maximum atomic E-state index is 12.9. The zero-order valence-electron chi connectivity index (χ0n) is 19.5. The second-order valence-electron chi connectivity index (χ2n) is 9.81. The van der Waals surface area contributed by atoms with Crippen molar-refractivity contribution in [2.75, 3.05) is 13.2 Å². The number of ether oxygens (including phenoxy) is 2. The first-order valence-corrected chi connectivity index (χ1v) is 12.9. The number of nitrogens with one attached hydrogen (secondary N) is 2. The molecule has 176 valence electrons. The molecule has 1 unspecified atom stereocenters. The van der Waals surface area contributed by atoms with Crippen LogP contribution < -0.4 is 20.1 Å². The average Bonchev–Trinajstić information content (AvgIpc) is 3.41. The van der Waals surface area contributed by atoms with Crippen molar-refractivity contribution in [3.63, 3.8) is 0 Å². The van der Waals surface area contributed by atoms with Crippen LogP contribution in [0.15, 0.2) is 42.5 Å². The van der Waals surface area contributed by atoms with Gasteiger partial charge in [0.25, 0.3) is 0 Å². The second kappa shape index (κ2) is 10.6. The molecule has 2 aromatic rings. The van der Waals surface area contributed by atoms with Gasteiger partial charge in [0.15, 0.2) is 0 Å². The van der Waals surface area contributed by atoms with Gasteiger partial charge in [-0.25, -0.2) is 0 Å². The zero-order valence-corrected chi connectivity index (χ0v) is 19.5. The van der Waals surface area contributed by atoms with Crippen LogP contribution in [0.1, 0.15) is 81.4 Å². The van der Waals surface area contributed by atoms with Crippen molar-refractivity contribution >= 4 is 5.91 Å². The molecule has 2 atom stereocenters. The highest BCUT2D eigenvalue weighted by Crippen LogP contribution is 2.44. The summed E-state index contributed by atoms with van der Waals surface area (Å²) in [6.45, 7) is 1.67. The Bertz CT molecular complexity index is 944. The molecule has 0 bridgehead atoms. The normalized spacial score (nSPS) is 23.3. The van der Waals surface area contributed by atoms with Gasteiger partial charge in [-0.15, -0.1) is 0 Å². The molecule has 2 fully saturated rings. The number of carbonyl (C=O) groups is 1. The van der Waals surface area contributed by atoms with Crippen LogP contribution >= 0.6 is 0 Å². The molecule has 1 aliphatic carbocycles. The Labute approximate surface area is 197 Å². The van der Waals surface area contributed by atoms with E-state index in [9.17, 15) is 4.79 Å². The molecule has 0 spiro atoms. The zero-order chi connectivity index (χ0) is 22.5. The van der Waals surface area contributed by atoms with E-state index in [1.54, 1.807) is 0 Å². The first-order chi connectivity index (χ1) is 16.3. The van der Waals surface area contributed by atoms with Crippen molar-refractivity contribution in [2.24, 2.45) is 5.92 Å². The molecular weight excluding hydrogens is 412 g/mol. The summed E-state index contributed by atoms with van der Waals surface area (Å²) in [7, 11) is 0. The maximum Gasteiger partial charge on any atom is 0.237 e. The minimum absolute atomic E-state index is 0.0562. The summed E-state index contributed by atoms with van der Waals surface area (Å²) >= 11 is 0. The average molecular weight is 449 g/mol. The predicted molar refractivity (Wildman–Crippen MR) is 130 cm³/mol. The minimum atomic E-state index is -0.219. The van der Waals surface area contributed by atoms with Crippen molar-refractivity contribution in [1.82, 2.24) is 10.6 Å².